The Labute approximate surface area is 112 Å². The first-order valence-electron chi connectivity index (χ1n) is 6.23. The Morgan fingerprint density at radius 2 is 1.84 bits per heavy atom. The largest absolute Gasteiger partial charge is 0.497 e. The van der Waals surface area contributed by atoms with E-state index < -0.39 is 0 Å². The fraction of sp³-hybridized carbons (Fsp3) is 0.188. The third-order valence-electron chi connectivity index (χ3n) is 3.62. The smallest absolute Gasteiger partial charge is 0.238 e. The highest BCUT2D eigenvalue weighted by Gasteiger charge is 2.36. The summed E-state index contributed by atoms with van der Waals surface area (Å²) in [6, 6.07) is 15.6. The lowest BCUT2D eigenvalue weighted by Gasteiger charge is -2.11. The maximum Gasteiger partial charge on any atom is 0.238 e. The highest BCUT2D eigenvalue weighted by Crippen LogP contribution is 2.41. The summed E-state index contributed by atoms with van der Waals surface area (Å²) in [5.74, 6) is 0.661. The molecule has 0 saturated heterocycles. The molecule has 0 fully saturated rings. The molecule has 96 valence electrons. The van der Waals surface area contributed by atoms with Crippen molar-refractivity contribution in [2.45, 2.75) is 5.92 Å². The molecule has 19 heavy (non-hydrogen) atoms. The van der Waals surface area contributed by atoms with Crippen LogP contribution in [0.5, 0.6) is 5.75 Å². The molecule has 0 aliphatic carbocycles. The van der Waals surface area contributed by atoms with Crippen molar-refractivity contribution in [2.24, 2.45) is 0 Å². The van der Waals surface area contributed by atoms with E-state index >= 15 is 0 Å². The maximum atomic E-state index is 12.4. The fourth-order valence-electron chi connectivity index (χ4n) is 2.61. The van der Waals surface area contributed by atoms with E-state index in [1.807, 2.05) is 55.6 Å². The van der Waals surface area contributed by atoms with Crippen LogP contribution in [0.2, 0.25) is 0 Å². The first-order valence-corrected chi connectivity index (χ1v) is 6.23. The number of anilines is 1. The van der Waals surface area contributed by atoms with Gasteiger partial charge in [0, 0.05) is 12.7 Å². The van der Waals surface area contributed by atoms with Gasteiger partial charge in [-0.3, -0.25) is 4.79 Å². The highest BCUT2D eigenvalue weighted by molar-refractivity contribution is 6.06. The van der Waals surface area contributed by atoms with Crippen LogP contribution in [0.25, 0.3) is 0 Å². The molecular weight excluding hydrogens is 238 g/mol. The standard InChI is InChI=1S/C16H15NO2/c1-17-14-9-8-12(19-2)10-13(14)15(16(17)18)11-6-4-3-5-7-11/h3-10,15H,1-2H3. The molecule has 0 bridgehead atoms. The van der Waals surface area contributed by atoms with Crippen LogP contribution in [-0.2, 0) is 4.79 Å². The van der Waals surface area contributed by atoms with Crippen LogP contribution in [0.1, 0.15) is 17.0 Å². The Kier molecular flexibility index (Phi) is 2.75. The van der Waals surface area contributed by atoms with Gasteiger partial charge in [-0.05, 0) is 29.3 Å². The molecule has 1 unspecified atom stereocenters. The van der Waals surface area contributed by atoms with E-state index in [-0.39, 0.29) is 11.8 Å². The van der Waals surface area contributed by atoms with Crippen molar-refractivity contribution in [2.75, 3.05) is 19.1 Å². The lowest BCUT2D eigenvalue weighted by molar-refractivity contribution is -0.118. The number of hydrogen-bond acceptors (Lipinski definition) is 2. The van der Waals surface area contributed by atoms with Crippen LogP contribution < -0.4 is 9.64 Å². The number of rotatable bonds is 2. The summed E-state index contributed by atoms with van der Waals surface area (Å²) in [4.78, 5) is 14.2. The molecule has 0 saturated carbocycles. The number of ether oxygens (including phenoxy) is 1. The molecule has 2 aromatic rings. The first kappa shape index (κ1) is 11.8. The molecule has 1 aliphatic heterocycles. The average molecular weight is 253 g/mol. The number of methoxy groups -OCH3 is 1. The van der Waals surface area contributed by atoms with E-state index in [1.54, 1.807) is 12.0 Å². The molecule has 2 aromatic carbocycles. The normalized spacial score (nSPS) is 17.5. The molecule has 1 atom stereocenters. The van der Waals surface area contributed by atoms with Gasteiger partial charge in [0.15, 0.2) is 0 Å². The second kappa shape index (κ2) is 4.43. The molecule has 1 aliphatic rings. The van der Waals surface area contributed by atoms with E-state index in [2.05, 4.69) is 0 Å². The van der Waals surface area contributed by atoms with Crippen molar-refractivity contribution in [3.05, 3.63) is 59.7 Å². The summed E-state index contributed by atoms with van der Waals surface area (Å²) < 4.78 is 5.26. The van der Waals surface area contributed by atoms with Gasteiger partial charge in [-0.2, -0.15) is 0 Å². The number of hydrogen-bond donors (Lipinski definition) is 0. The second-order valence-corrected chi connectivity index (χ2v) is 4.67. The van der Waals surface area contributed by atoms with E-state index in [9.17, 15) is 4.79 Å². The summed E-state index contributed by atoms with van der Waals surface area (Å²) in [5, 5.41) is 0. The molecule has 0 spiro atoms. The predicted octanol–water partition coefficient (Wildman–Crippen LogP) is 2.80. The van der Waals surface area contributed by atoms with E-state index in [1.165, 1.54) is 0 Å². The number of benzene rings is 2. The van der Waals surface area contributed by atoms with Crippen LogP contribution in [0.15, 0.2) is 48.5 Å². The average Bonchev–Trinajstić information content (AvgIpc) is 2.71. The second-order valence-electron chi connectivity index (χ2n) is 4.67. The zero-order valence-corrected chi connectivity index (χ0v) is 11.0. The molecule has 0 N–H and O–H groups in total. The van der Waals surface area contributed by atoms with Crippen molar-refractivity contribution in [3.8, 4) is 5.75 Å². The Morgan fingerprint density at radius 3 is 2.53 bits per heavy atom. The van der Waals surface area contributed by atoms with Gasteiger partial charge in [0.2, 0.25) is 5.91 Å². The number of carbonyl (C=O) groups excluding carboxylic acids is 1. The van der Waals surface area contributed by atoms with Crippen LogP contribution >= 0.6 is 0 Å². The van der Waals surface area contributed by atoms with Gasteiger partial charge < -0.3 is 9.64 Å². The molecule has 3 nitrogen and oxygen atoms in total. The van der Waals surface area contributed by atoms with E-state index in [4.69, 9.17) is 4.74 Å². The van der Waals surface area contributed by atoms with Gasteiger partial charge in [0.1, 0.15) is 5.75 Å². The highest BCUT2D eigenvalue weighted by atomic mass is 16.5. The van der Waals surface area contributed by atoms with Crippen LogP contribution in [0.3, 0.4) is 0 Å². The van der Waals surface area contributed by atoms with Crippen LogP contribution in [0, 0.1) is 0 Å². The summed E-state index contributed by atoms with van der Waals surface area (Å²) in [7, 11) is 3.45. The van der Waals surface area contributed by atoms with Gasteiger partial charge in [-0.25, -0.2) is 0 Å². The van der Waals surface area contributed by atoms with Crippen molar-refractivity contribution in [1.82, 2.24) is 0 Å². The van der Waals surface area contributed by atoms with Gasteiger partial charge in [0.05, 0.1) is 13.0 Å². The zero-order valence-electron chi connectivity index (χ0n) is 11.0. The molecular formula is C16H15NO2. The summed E-state index contributed by atoms with van der Waals surface area (Å²) in [5.41, 5.74) is 2.99. The summed E-state index contributed by atoms with van der Waals surface area (Å²) >= 11 is 0. The minimum absolute atomic E-state index is 0.106. The van der Waals surface area contributed by atoms with E-state index in [0.29, 0.717) is 0 Å². The van der Waals surface area contributed by atoms with E-state index in [0.717, 1.165) is 22.6 Å². The third-order valence-corrected chi connectivity index (χ3v) is 3.62. The molecule has 3 rings (SSSR count). The number of nitrogens with zero attached hydrogens (tertiary/aromatic N) is 1. The zero-order chi connectivity index (χ0) is 13.4. The predicted molar refractivity (Wildman–Crippen MR) is 74.7 cm³/mol. The minimum Gasteiger partial charge on any atom is -0.497 e. The van der Waals surface area contributed by atoms with Gasteiger partial charge in [0.25, 0.3) is 0 Å². The lowest BCUT2D eigenvalue weighted by atomic mass is 9.92. The fourth-order valence-corrected chi connectivity index (χ4v) is 2.61. The van der Waals surface area contributed by atoms with Crippen molar-refractivity contribution < 1.29 is 9.53 Å². The Hall–Kier alpha value is -2.29. The van der Waals surface area contributed by atoms with Gasteiger partial charge in [-0.15, -0.1) is 0 Å². The molecule has 1 heterocycles. The summed E-state index contributed by atoms with van der Waals surface area (Å²) in [6.45, 7) is 0. The first-order chi connectivity index (χ1) is 9.22. The Balaban J connectivity index is 2.15. The number of amides is 1. The van der Waals surface area contributed by atoms with Crippen molar-refractivity contribution in [3.63, 3.8) is 0 Å². The summed E-state index contributed by atoms with van der Waals surface area (Å²) in [6.07, 6.45) is 0. The SMILES string of the molecule is COc1ccc2c(c1)C(c1ccccc1)C(=O)N2C. The third kappa shape index (κ3) is 1.78. The van der Waals surface area contributed by atoms with Crippen LogP contribution in [-0.4, -0.2) is 20.1 Å². The maximum absolute atomic E-state index is 12.4. The Morgan fingerprint density at radius 1 is 1.11 bits per heavy atom. The quantitative estimate of drug-likeness (QED) is 0.823. The van der Waals surface area contributed by atoms with Crippen molar-refractivity contribution >= 4 is 11.6 Å². The number of carbonyl (C=O) groups is 1. The number of likely N-dealkylation sites (N-methyl/N-ethyl adjacent to an activating group) is 1. The van der Waals surface area contributed by atoms with Gasteiger partial charge >= 0.3 is 0 Å². The van der Waals surface area contributed by atoms with Crippen molar-refractivity contribution in [1.29, 1.82) is 0 Å². The van der Waals surface area contributed by atoms with Gasteiger partial charge in [-0.1, -0.05) is 30.3 Å². The lowest BCUT2D eigenvalue weighted by Crippen LogP contribution is -2.24. The molecule has 0 radical (unpaired) electrons. The monoisotopic (exact) mass is 253 g/mol. The molecule has 3 heteroatoms. The number of fused-ring (bicyclic) bond motifs is 1. The molecule has 1 amide bonds. The van der Waals surface area contributed by atoms with Crippen LogP contribution in [0.4, 0.5) is 5.69 Å². The minimum atomic E-state index is -0.226. The Bertz CT molecular complexity index is 622. The molecule has 0 aromatic heterocycles. The topological polar surface area (TPSA) is 29.5 Å².